The van der Waals surface area contributed by atoms with E-state index in [2.05, 4.69) is 35.0 Å². The van der Waals surface area contributed by atoms with Gasteiger partial charge in [0.05, 0.1) is 11.8 Å². The Labute approximate surface area is 150 Å². The van der Waals surface area contributed by atoms with Crippen LogP contribution in [-0.4, -0.2) is 63.3 Å². The van der Waals surface area contributed by atoms with Crippen molar-refractivity contribution in [2.24, 2.45) is 11.3 Å². The van der Waals surface area contributed by atoms with Crippen LogP contribution in [-0.2, 0) is 17.8 Å². The van der Waals surface area contributed by atoms with Crippen molar-refractivity contribution in [2.75, 3.05) is 26.2 Å². The molecular formula is C19H32N4O2. The Balaban J connectivity index is 1.54. The first-order valence-electron chi connectivity index (χ1n) is 9.54. The first-order chi connectivity index (χ1) is 11.8. The minimum Gasteiger partial charge on any atom is -0.391 e. The molecule has 1 spiro atoms. The summed E-state index contributed by atoms with van der Waals surface area (Å²) in [6.45, 7) is 10.2. The van der Waals surface area contributed by atoms with Gasteiger partial charge in [0.15, 0.2) is 0 Å². The average Bonchev–Trinajstić information content (AvgIpc) is 2.95. The van der Waals surface area contributed by atoms with Crippen molar-refractivity contribution in [1.82, 2.24) is 20.0 Å². The molecule has 0 radical (unpaired) electrons. The summed E-state index contributed by atoms with van der Waals surface area (Å²) in [5.74, 6) is 0.698. The highest BCUT2D eigenvalue weighted by molar-refractivity contribution is 5.73. The van der Waals surface area contributed by atoms with Gasteiger partial charge in [0.25, 0.3) is 0 Å². The Morgan fingerprint density at radius 1 is 1.44 bits per heavy atom. The van der Waals surface area contributed by atoms with Crippen molar-refractivity contribution < 1.29 is 9.90 Å². The van der Waals surface area contributed by atoms with Crippen LogP contribution in [0.4, 0.5) is 0 Å². The predicted molar refractivity (Wildman–Crippen MR) is 97.0 cm³/mol. The van der Waals surface area contributed by atoms with Crippen LogP contribution in [0.25, 0.3) is 0 Å². The summed E-state index contributed by atoms with van der Waals surface area (Å²) in [6, 6.07) is 2.19. The van der Waals surface area contributed by atoms with Gasteiger partial charge < -0.3 is 10.0 Å². The maximum absolute atomic E-state index is 11.7. The molecule has 1 aromatic rings. The fourth-order valence-corrected chi connectivity index (χ4v) is 4.39. The molecule has 2 aliphatic heterocycles. The molecule has 140 valence electrons. The van der Waals surface area contributed by atoms with Crippen LogP contribution in [0.5, 0.6) is 0 Å². The van der Waals surface area contributed by atoms with E-state index in [0.717, 1.165) is 57.6 Å². The number of amides is 1. The summed E-state index contributed by atoms with van der Waals surface area (Å²) in [7, 11) is 0. The lowest BCUT2D eigenvalue weighted by atomic mass is 9.71. The van der Waals surface area contributed by atoms with Gasteiger partial charge in [0, 0.05) is 32.3 Å². The van der Waals surface area contributed by atoms with Gasteiger partial charge in [-0.05, 0) is 56.2 Å². The van der Waals surface area contributed by atoms with Gasteiger partial charge in [-0.25, -0.2) is 0 Å². The lowest BCUT2D eigenvalue weighted by Gasteiger charge is -2.49. The van der Waals surface area contributed by atoms with Crippen LogP contribution in [0, 0.1) is 11.3 Å². The van der Waals surface area contributed by atoms with Gasteiger partial charge >= 0.3 is 0 Å². The van der Waals surface area contributed by atoms with E-state index < -0.39 is 0 Å². The van der Waals surface area contributed by atoms with E-state index in [1.165, 1.54) is 5.69 Å². The molecule has 0 aromatic carbocycles. The van der Waals surface area contributed by atoms with E-state index in [4.69, 9.17) is 0 Å². The summed E-state index contributed by atoms with van der Waals surface area (Å²) < 4.78 is 0. The first kappa shape index (κ1) is 18.4. The van der Waals surface area contributed by atoms with Crippen molar-refractivity contribution in [3.8, 4) is 0 Å². The SMILES string of the molecule is CC(=O)N1CC(O)CC2(CCN(Cc3cc(CC(C)C)n[nH]3)CC2)C1. The molecule has 6 heteroatoms. The monoisotopic (exact) mass is 348 g/mol. The number of likely N-dealkylation sites (tertiary alicyclic amines) is 2. The van der Waals surface area contributed by atoms with E-state index in [9.17, 15) is 9.90 Å². The van der Waals surface area contributed by atoms with Gasteiger partial charge in [0.1, 0.15) is 0 Å². The molecule has 0 saturated carbocycles. The van der Waals surface area contributed by atoms with Crippen molar-refractivity contribution in [1.29, 1.82) is 0 Å². The largest absolute Gasteiger partial charge is 0.391 e. The first-order valence-corrected chi connectivity index (χ1v) is 9.54. The van der Waals surface area contributed by atoms with Gasteiger partial charge in [-0.3, -0.25) is 14.8 Å². The van der Waals surface area contributed by atoms with Gasteiger partial charge in [-0.15, -0.1) is 0 Å². The molecular weight excluding hydrogens is 316 g/mol. The van der Waals surface area contributed by atoms with E-state index in [-0.39, 0.29) is 17.4 Å². The minimum absolute atomic E-state index is 0.0793. The predicted octanol–water partition coefficient (Wildman–Crippen LogP) is 1.80. The Bertz CT molecular complexity index is 590. The maximum Gasteiger partial charge on any atom is 0.219 e. The molecule has 2 fully saturated rings. The zero-order valence-corrected chi connectivity index (χ0v) is 15.8. The molecule has 25 heavy (non-hydrogen) atoms. The number of H-pyrrole nitrogens is 1. The van der Waals surface area contributed by atoms with Gasteiger partial charge in [-0.2, -0.15) is 5.10 Å². The van der Waals surface area contributed by atoms with Crippen molar-refractivity contribution in [3.05, 3.63) is 17.5 Å². The molecule has 1 amide bonds. The second kappa shape index (κ2) is 7.46. The van der Waals surface area contributed by atoms with Crippen molar-refractivity contribution in [3.63, 3.8) is 0 Å². The molecule has 2 saturated heterocycles. The zero-order valence-electron chi connectivity index (χ0n) is 15.8. The number of nitrogens with one attached hydrogen (secondary N) is 1. The van der Waals surface area contributed by atoms with Crippen molar-refractivity contribution >= 4 is 5.91 Å². The highest BCUT2D eigenvalue weighted by atomic mass is 16.3. The summed E-state index contributed by atoms with van der Waals surface area (Å²) in [5, 5.41) is 17.8. The number of hydrogen-bond donors (Lipinski definition) is 2. The van der Waals surface area contributed by atoms with E-state index in [0.29, 0.717) is 12.5 Å². The Kier molecular flexibility index (Phi) is 5.49. The summed E-state index contributed by atoms with van der Waals surface area (Å²) >= 11 is 0. The van der Waals surface area contributed by atoms with Gasteiger partial charge in [-0.1, -0.05) is 13.8 Å². The number of carbonyl (C=O) groups excluding carboxylic acids is 1. The molecule has 2 N–H and O–H groups in total. The number of aliphatic hydroxyl groups is 1. The van der Waals surface area contributed by atoms with Gasteiger partial charge in [0.2, 0.25) is 5.91 Å². The second-order valence-corrected chi connectivity index (χ2v) is 8.52. The van der Waals surface area contributed by atoms with E-state index in [1.54, 1.807) is 6.92 Å². The molecule has 3 rings (SSSR count). The number of rotatable bonds is 4. The Hall–Kier alpha value is -1.40. The lowest BCUT2D eigenvalue weighted by Crippen LogP contribution is -2.54. The van der Waals surface area contributed by atoms with Crippen LogP contribution < -0.4 is 0 Å². The second-order valence-electron chi connectivity index (χ2n) is 8.52. The molecule has 3 heterocycles. The van der Waals surface area contributed by atoms with E-state index >= 15 is 0 Å². The van der Waals surface area contributed by atoms with Crippen LogP contribution in [0.15, 0.2) is 6.07 Å². The number of nitrogens with zero attached hydrogens (tertiary/aromatic N) is 3. The third kappa shape index (κ3) is 4.61. The molecule has 1 aromatic heterocycles. The number of aromatic amines is 1. The topological polar surface area (TPSA) is 72.5 Å². The molecule has 2 aliphatic rings. The number of hydrogen-bond acceptors (Lipinski definition) is 4. The third-order valence-electron chi connectivity index (χ3n) is 5.68. The van der Waals surface area contributed by atoms with Crippen LogP contribution in [0.2, 0.25) is 0 Å². The summed E-state index contributed by atoms with van der Waals surface area (Å²) in [4.78, 5) is 16.0. The molecule has 1 atom stereocenters. The lowest BCUT2D eigenvalue weighted by molar-refractivity contribution is -0.138. The maximum atomic E-state index is 11.7. The standard InChI is InChI=1S/C19H32N4O2/c1-14(2)8-16-9-17(21-20-16)11-22-6-4-19(5-7-22)10-18(25)12-23(13-19)15(3)24/h9,14,18,25H,4-8,10-13H2,1-3H3,(H,20,21). The van der Waals surface area contributed by atoms with Crippen molar-refractivity contribution in [2.45, 2.75) is 59.1 Å². The number of aromatic nitrogens is 2. The zero-order chi connectivity index (χ0) is 18.0. The fraction of sp³-hybridized carbons (Fsp3) is 0.789. The number of piperidine rings is 2. The summed E-state index contributed by atoms with van der Waals surface area (Å²) in [6.07, 6.45) is 3.54. The molecule has 6 nitrogen and oxygen atoms in total. The Morgan fingerprint density at radius 2 is 2.16 bits per heavy atom. The highest BCUT2D eigenvalue weighted by Crippen LogP contribution is 2.40. The molecule has 0 bridgehead atoms. The van der Waals surface area contributed by atoms with Crippen LogP contribution in [0.3, 0.4) is 0 Å². The van der Waals surface area contributed by atoms with Crippen LogP contribution in [0.1, 0.15) is 51.4 Å². The molecule has 1 unspecified atom stereocenters. The van der Waals surface area contributed by atoms with Crippen LogP contribution >= 0.6 is 0 Å². The minimum atomic E-state index is -0.379. The smallest absolute Gasteiger partial charge is 0.219 e. The Morgan fingerprint density at radius 3 is 2.80 bits per heavy atom. The quantitative estimate of drug-likeness (QED) is 0.870. The fourth-order valence-electron chi connectivity index (χ4n) is 4.39. The number of aliphatic hydroxyl groups excluding tert-OH is 1. The number of carbonyl (C=O) groups is 1. The average molecular weight is 348 g/mol. The van der Waals surface area contributed by atoms with E-state index in [1.807, 2.05) is 4.90 Å². The molecule has 0 aliphatic carbocycles. The summed E-state index contributed by atoms with van der Waals surface area (Å²) in [5.41, 5.74) is 2.42. The number of β-amino-alcohol motifs (C(OH)–C–C–N with tert-alkyl or cyclic N) is 1. The normalized spacial score (nSPS) is 24.2. The highest BCUT2D eigenvalue weighted by Gasteiger charge is 2.42. The third-order valence-corrected chi connectivity index (χ3v) is 5.68.